The number of para-hydroxylation sites is 1. The molecule has 1 rings (SSSR count). The molecule has 0 aliphatic carbocycles. The first-order valence-electron chi connectivity index (χ1n) is 5.60. The van der Waals surface area contributed by atoms with Crippen LogP contribution in [0.4, 0.5) is 18.9 Å². The third kappa shape index (κ3) is 5.75. The molecule has 3 nitrogen and oxygen atoms in total. The van der Waals surface area contributed by atoms with Crippen LogP contribution in [0, 0.1) is 0 Å². The van der Waals surface area contributed by atoms with Crippen molar-refractivity contribution in [2.45, 2.75) is 20.0 Å². The maximum absolute atomic E-state index is 12.5. The summed E-state index contributed by atoms with van der Waals surface area (Å²) in [5.74, 6) is 0. The van der Waals surface area contributed by atoms with Crippen LogP contribution >= 0.6 is 23.8 Å². The van der Waals surface area contributed by atoms with Crippen molar-refractivity contribution in [2.75, 3.05) is 11.9 Å². The number of hydrogen-bond donors (Lipinski definition) is 1. The van der Waals surface area contributed by atoms with Crippen LogP contribution in [-0.2, 0) is 0 Å². The molecule has 1 aromatic rings. The number of hydrogen-bond acceptors (Lipinski definition) is 2. The van der Waals surface area contributed by atoms with E-state index in [0.717, 1.165) is 0 Å². The Balaban J connectivity index is 2.89. The molecule has 0 bridgehead atoms. The third-order valence-electron chi connectivity index (χ3n) is 2.00. The number of hydrazone groups is 1. The van der Waals surface area contributed by atoms with Crippen molar-refractivity contribution >= 4 is 40.3 Å². The summed E-state index contributed by atoms with van der Waals surface area (Å²) in [7, 11) is 0. The quantitative estimate of drug-likeness (QED) is 0.510. The van der Waals surface area contributed by atoms with Gasteiger partial charge in [-0.1, -0.05) is 23.7 Å². The molecule has 0 radical (unpaired) electrons. The highest BCUT2D eigenvalue weighted by Gasteiger charge is 2.32. The lowest BCUT2D eigenvalue weighted by molar-refractivity contribution is -0.137. The largest absolute Gasteiger partial charge is 0.408 e. The maximum atomic E-state index is 12.5. The number of nitrogens with zero attached hydrogens (tertiary/aromatic N) is 2. The van der Waals surface area contributed by atoms with Crippen molar-refractivity contribution in [2.24, 2.45) is 5.10 Å². The SMILES string of the molecule is CC(C)=NN(CC(F)(F)F)C(=S)Nc1ccccc1Cl. The number of halogens is 4. The zero-order valence-corrected chi connectivity index (χ0v) is 12.4. The molecule has 20 heavy (non-hydrogen) atoms. The Labute approximate surface area is 125 Å². The van der Waals surface area contributed by atoms with E-state index in [9.17, 15) is 13.2 Å². The van der Waals surface area contributed by atoms with Crippen LogP contribution in [0.5, 0.6) is 0 Å². The van der Waals surface area contributed by atoms with Gasteiger partial charge in [-0.3, -0.25) is 0 Å². The van der Waals surface area contributed by atoms with Gasteiger partial charge >= 0.3 is 6.18 Å². The molecular weight excluding hydrogens is 311 g/mol. The van der Waals surface area contributed by atoms with E-state index in [1.807, 2.05) is 0 Å². The van der Waals surface area contributed by atoms with E-state index in [0.29, 0.717) is 21.4 Å². The van der Waals surface area contributed by atoms with Gasteiger partial charge in [0.1, 0.15) is 6.54 Å². The first-order valence-corrected chi connectivity index (χ1v) is 6.39. The summed E-state index contributed by atoms with van der Waals surface area (Å²) in [4.78, 5) is 0. The van der Waals surface area contributed by atoms with E-state index in [4.69, 9.17) is 23.8 Å². The van der Waals surface area contributed by atoms with Crippen LogP contribution in [0.25, 0.3) is 0 Å². The molecule has 1 N–H and O–H groups in total. The predicted octanol–water partition coefficient (Wildman–Crippen LogP) is 4.30. The highest BCUT2D eigenvalue weighted by molar-refractivity contribution is 7.80. The van der Waals surface area contributed by atoms with Crippen molar-refractivity contribution in [3.63, 3.8) is 0 Å². The second-order valence-corrected chi connectivity index (χ2v) is 4.92. The number of benzene rings is 1. The second-order valence-electron chi connectivity index (χ2n) is 4.13. The molecule has 0 saturated heterocycles. The molecule has 0 spiro atoms. The number of rotatable bonds is 3. The van der Waals surface area contributed by atoms with Gasteiger partial charge in [-0.15, -0.1) is 0 Å². The van der Waals surface area contributed by atoms with Gasteiger partial charge in [0.15, 0.2) is 5.11 Å². The molecule has 0 saturated carbocycles. The molecule has 110 valence electrons. The minimum atomic E-state index is -4.41. The van der Waals surface area contributed by atoms with Crippen molar-refractivity contribution in [1.82, 2.24) is 5.01 Å². The Morgan fingerprint density at radius 1 is 1.35 bits per heavy atom. The first kappa shape index (κ1) is 16.7. The molecule has 0 unspecified atom stereocenters. The zero-order valence-electron chi connectivity index (χ0n) is 10.8. The van der Waals surface area contributed by atoms with Gasteiger partial charge in [-0.25, -0.2) is 5.01 Å². The van der Waals surface area contributed by atoms with E-state index >= 15 is 0 Å². The Bertz CT molecular complexity index is 513. The van der Waals surface area contributed by atoms with E-state index in [-0.39, 0.29) is 5.11 Å². The number of alkyl halides is 3. The molecule has 0 atom stereocenters. The van der Waals surface area contributed by atoms with Gasteiger partial charge in [0, 0.05) is 5.71 Å². The summed E-state index contributed by atoms with van der Waals surface area (Å²) < 4.78 is 37.5. The van der Waals surface area contributed by atoms with Crippen molar-refractivity contribution in [3.8, 4) is 0 Å². The van der Waals surface area contributed by atoms with Crippen molar-refractivity contribution < 1.29 is 13.2 Å². The van der Waals surface area contributed by atoms with Crippen LogP contribution in [-0.4, -0.2) is 28.6 Å². The van der Waals surface area contributed by atoms with Gasteiger partial charge < -0.3 is 5.32 Å². The lowest BCUT2D eigenvalue weighted by atomic mass is 10.3. The van der Waals surface area contributed by atoms with Crippen LogP contribution < -0.4 is 5.32 Å². The summed E-state index contributed by atoms with van der Waals surface area (Å²) in [5, 5.41) is 7.31. The van der Waals surface area contributed by atoms with Gasteiger partial charge in [0.05, 0.1) is 10.7 Å². The minimum absolute atomic E-state index is 0.170. The summed E-state index contributed by atoms with van der Waals surface area (Å²) in [6, 6.07) is 6.62. The lowest BCUT2D eigenvalue weighted by Gasteiger charge is -2.22. The topological polar surface area (TPSA) is 27.6 Å². The van der Waals surface area contributed by atoms with Crippen LogP contribution in [0.15, 0.2) is 29.4 Å². The zero-order chi connectivity index (χ0) is 15.3. The highest BCUT2D eigenvalue weighted by atomic mass is 35.5. The standard InChI is InChI=1S/C12H13ClF3N3S/c1-8(2)18-19(7-12(14,15)16)11(20)17-10-6-4-3-5-9(10)13/h3-6H,7H2,1-2H3,(H,17,20). The molecule has 8 heteroatoms. The van der Waals surface area contributed by atoms with Gasteiger partial charge in [-0.05, 0) is 38.2 Å². The smallest absolute Gasteiger partial charge is 0.330 e. The van der Waals surface area contributed by atoms with Crippen molar-refractivity contribution in [1.29, 1.82) is 0 Å². The molecular formula is C12H13ClF3N3S. The lowest BCUT2D eigenvalue weighted by Crippen LogP contribution is -2.38. The maximum Gasteiger partial charge on any atom is 0.408 e. The molecule has 0 heterocycles. The molecule has 0 amide bonds. The minimum Gasteiger partial charge on any atom is -0.330 e. The average Bonchev–Trinajstić information content (AvgIpc) is 2.28. The molecule has 0 fully saturated rings. The predicted molar refractivity (Wildman–Crippen MR) is 79.2 cm³/mol. The average molecular weight is 324 g/mol. The Morgan fingerprint density at radius 3 is 2.45 bits per heavy atom. The van der Waals surface area contributed by atoms with Gasteiger partial charge in [-0.2, -0.15) is 18.3 Å². The van der Waals surface area contributed by atoms with E-state index in [1.54, 1.807) is 38.1 Å². The molecule has 0 aliphatic heterocycles. The van der Waals surface area contributed by atoms with Gasteiger partial charge in [0.25, 0.3) is 0 Å². The molecule has 1 aromatic carbocycles. The van der Waals surface area contributed by atoms with Crippen molar-refractivity contribution in [3.05, 3.63) is 29.3 Å². The highest BCUT2D eigenvalue weighted by Crippen LogP contribution is 2.22. The Hall–Kier alpha value is -1.34. The third-order valence-corrected chi connectivity index (χ3v) is 2.64. The normalized spacial score (nSPS) is 10.9. The summed E-state index contributed by atoms with van der Waals surface area (Å²) in [6.45, 7) is 1.90. The van der Waals surface area contributed by atoms with Gasteiger partial charge in [0.2, 0.25) is 0 Å². The molecule has 0 aromatic heterocycles. The Kier molecular flexibility index (Phi) is 5.76. The fourth-order valence-corrected chi connectivity index (χ4v) is 1.70. The van der Waals surface area contributed by atoms with E-state index in [2.05, 4.69) is 10.4 Å². The van der Waals surface area contributed by atoms with Crippen LogP contribution in [0.2, 0.25) is 5.02 Å². The summed E-state index contributed by atoms with van der Waals surface area (Å²) in [5.41, 5.74) is 0.882. The monoisotopic (exact) mass is 323 g/mol. The number of nitrogens with one attached hydrogen (secondary N) is 1. The summed E-state index contributed by atoms with van der Waals surface area (Å²) >= 11 is 10.9. The van der Waals surface area contributed by atoms with E-state index in [1.165, 1.54) is 0 Å². The number of anilines is 1. The molecule has 0 aliphatic rings. The van der Waals surface area contributed by atoms with E-state index < -0.39 is 12.7 Å². The van der Waals surface area contributed by atoms with Crippen LogP contribution in [0.1, 0.15) is 13.8 Å². The fraction of sp³-hybridized carbons (Fsp3) is 0.333. The second kappa shape index (κ2) is 6.90. The first-order chi connectivity index (χ1) is 9.19. The fourth-order valence-electron chi connectivity index (χ4n) is 1.31. The van der Waals surface area contributed by atoms with Crippen LogP contribution in [0.3, 0.4) is 0 Å². The Morgan fingerprint density at radius 2 is 1.95 bits per heavy atom. The number of thiocarbonyl (C=S) groups is 1. The summed E-state index contributed by atoms with van der Waals surface area (Å²) in [6.07, 6.45) is -4.41.